The number of nitrogens with one attached hydrogen (secondary N) is 1. The number of likely N-dealkylation sites (tertiary alicyclic amines) is 1. The first-order chi connectivity index (χ1) is 15.7. The maximum Gasteiger partial charge on any atom is 0.325 e. The maximum atomic E-state index is 13.9. The zero-order valence-electron chi connectivity index (χ0n) is 19.1. The van der Waals surface area contributed by atoms with Gasteiger partial charge in [0, 0.05) is 31.4 Å². The lowest BCUT2D eigenvalue weighted by Gasteiger charge is -2.41. The first-order valence-electron chi connectivity index (χ1n) is 11.3. The van der Waals surface area contributed by atoms with Crippen LogP contribution >= 0.6 is 11.3 Å². The first-order valence-corrected chi connectivity index (χ1v) is 12.2. The number of aromatic nitrogens is 1. The second-order valence-electron chi connectivity index (χ2n) is 9.34. The number of aryl methyl sites for hydroxylation is 1. The van der Waals surface area contributed by atoms with Gasteiger partial charge in [-0.25, -0.2) is 14.2 Å². The predicted molar refractivity (Wildman–Crippen MR) is 123 cm³/mol. The van der Waals surface area contributed by atoms with Gasteiger partial charge >= 0.3 is 6.03 Å². The van der Waals surface area contributed by atoms with E-state index in [1.165, 1.54) is 28.4 Å². The van der Waals surface area contributed by atoms with Crippen LogP contribution in [0.15, 0.2) is 29.6 Å². The van der Waals surface area contributed by atoms with Gasteiger partial charge in [-0.1, -0.05) is 26.0 Å². The van der Waals surface area contributed by atoms with E-state index in [0.717, 1.165) is 5.01 Å². The van der Waals surface area contributed by atoms with Crippen LogP contribution in [0.3, 0.4) is 0 Å². The van der Waals surface area contributed by atoms with Crippen molar-refractivity contribution in [3.8, 4) is 0 Å². The van der Waals surface area contributed by atoms with Crippen LogP contribution in [-0.4, -0.2) is 57.8 Å². The van der Waals surface area contributed by atoms with Gasteiger partial charge in [-0.3, -0.25) is 14.5 Å². The molecule has 1 N–H and O–H groups in total. The number of piperidine rings is 1. The molecule has 1 unspecified atom stereocenters. The molecule has 0 radical (unpaired) electrons. The van der Waals surface area contributed by atoms with E-state index in [1.54, 1.807) is 22.4 Å². The van der Waals surface area contributed by atoms with Crippen LogP contribution in [0.2, 0.25) is 0 Å². The lowest BCUT2D eigenvalue weighted by atomic mass is 9.73. The van der Waals surface area contributed by atoms with Crippen LogP contribution in [0, 0.1) is 24.6 Å². The lowest BCUT2D eigenvalue weighted by Crippen LogP contribution is -2.58. The van der Waals surface area contributed by atoms with E-state index in [9.17, 15) is 18.8 Å². The molecule has 1 aromatic carbocycles. The Bertz CT molecular complexity index is 1060. The van der Waals surface area contributed by atoms with Crippen LogP contribution in [0.25, 0.3) is 0 Å². The molecule has 3 heterocycles. The monoisotopic (exact) mass is 472 g/mol. The van der Waals surface area contributed by atoms with Crippen molar-refractivity contribution in [2.75, 3.05) is 19.6 Å². The van der Waals surface area contributed by atoms with Crippen LogP contribution in [0.4, 0.5) is 9.18 Å². The zero-order chi connectivity index (χ0) is 23.8. The SMILES string of the molecule is Cc1nc(C(=O)N2CCC(C3(Cc4cccc(F)c4)NC(=O)N(CC(C)C)C3=O)CC2)cs1. The average molecular weight is 473 g/mol. The van der Waals surface area contributed by atoms with Gasteiger partial charge in [0.05, 0.1) is 5.01 Å². The van der Waals surface area contributed by atoms with Gasteiger partial charge < -0.3 is 10.2 Å². The molecule has 2 saturated heterocycles. The van der Waals surface area contributed by atoms with E-state index in [1.807, 2.05) is 20.8 Å². The van der Waals surface area contributed by atoms with E-state index >= 15 is 0 Å². The number of urea groups is 1. The predicted octanol–water partition coefficient (Wildman–Crippen LogP) is 3.63. The third kappa shape index (κ3) is 4.64. The summed E-state index contributed by atoms with van der Waals surface area (Å²) in [5, 5.41) is 5.59. The van der Waals surface area contributed by atoms with E-state index in [2.05, 4.69) is 10.3 Å². The highest BCUT2D eigenvalue weighted by Crippen LogP contribution is 2.37. The number of imide groups is 1. The van der Waals surface area contributed by atoms with E-state index in [4.69, 9.17) is 0 Å². The summed E-state index contributed by atoms with van der Waals surface area (Å²) in [4.78, 5) is 46.7. The van der Waals surface area contributed by atoms with Crippen LogP contribution in [0.5, 0.6) is 0 Å². The number of carbonyl (C=O) groups is 3. The molecule has 33 heavy (non-hydrogen) atoms. The number of amides is 4. The summed E-state index contributed by atoms with van der Waals surface area (Å²) >= 11 is 1.44. The fourth-order valence-corrected chi connectivity index (χ4v) is 5.47. The number of halogens is 1. The molecular weight excluding hydrogens is 443 g/mol. The van der Waals surface area contributed by atoms with Crippen molar-refractivity contribution < 1.29 is 18.8 Å². The molecule has 2 aliphatic heterocycles. The van der Waals surface area contributed by atoms with Crippen molar-refractivity contribution in [1.29, 1.82) is 0 Å². The molecule has 9 heteroatoms. The van der Waals surface area contributed by atoms with Crippen LogP contribution in [0.1, 0.15) is 47.7 Å². The molecule has 2 fully saturated rings. The molecule has 2 aliphatic rings. The molecule has 2 aromatic rings. The number of hydrogen-bond acceptors (Lipinski definition) is 5. The average Bonchev–Trinajstić information content (AvgIpc) is 3.30. The summed E-state index contributed by atoms with van der Waals surface area (Å²) < 4.78 is 13.9. The molecular formula is C24H29FN4O3S. The molecule has 0 spiro atoms. The highest BCUT2D eigenvalue weighted by atomic mass is 32.1. The fraction of sp³-hybridized carbons (Fsp3) is 0.500. The highest BCUT2D eigenvalue weighted by molar-refractivity contribution is 7.09. The third-order valence-corrected chi connectivity index (χ3v) is 7.21. The number of nitrogens with zero attached hydrogens (tertiary/aromatic N) is 3. The molecule has 1 aromatic heterocycles. The fourth-order valence-electron chi connectivity index (χ4n) is 4.88. The Morgan fingerprint density at radius 1 is 1.30 bits per heavy atom. The first kappa shape index (κ1) is 23.4. The van der Waals surface area contributed by atoms with Crippen molar-refractivity contribution in [2.24, 2.45) is 11.8 Å². The number of benzene rings is 1. The van der Waals surface area contributed by atoms with Gasteiger partial charge in [0.15, 0.2) is 0 Å². The Morgan fingerprint density at radius 2 is 2.03 bits per heavy atom. The summed E-state index contributed by atoms with van der Waals surface area (Å²) in [6.45, 7) is 7.04. The van der Waals surface area contributed by atoms with Gasteiger partial charge in [-0.2, -0.15) is 0 Å². The minimum atomic E-state index is -1.15. The van der Waals surface area contributed by atoms with Crippen molar-refractivity contribution in [3.05, 3.63) is 51.7 Å². The number of carbonyl (C=O) groups excluding carboxylic acids is 3. The maximum absolute atomic E-state index is 13.9. The molecule has 0 aliphatic carbocycles. The molecule has 4 rings (SSSR count). The molecule has 176 valence electrons. The summed E-state index contributed by atoms with van der Waals surface area (Å²) in [5.74, 6) is -0.788. The standard InChI is InChI=1S/C24H29FN4O3S/c1-15(2)13-29-22(31)24(27-23(29)32,12-17-5-4-6-19(25)11-17)18-7-9-28(10-8-18)21(30)20-14-33-16(3)26-20/h4-6,11,14-15,18H,7-10,12-13H2,1-3H3,(H,27,32). The largest absolute Gasteiger partial charge is 0.337 e. The third-order valence-electron chi connectivity index (χ3n) is 6.44. The topological polar surface area (TPSA) is 82.6 Å². The van der Waals surface area contributed by atoms with Gasteiger partial charge in [-0.05, 0) is 49.3 Å². The zero-order valence-corrected chi connectivity index (χ0v) is 20.0. The quantitative estimate of drug-likeness (QED) is 0.651. The molecule has 0 saturated carbocycles. The van der Waals surface area contributed by atoms with Gasteiger partial charge in [0.2, 0.25) is 0 Å². The minimum absolute atomic E-state index is 0.111. The molecule has 1 atom stereocenters. The normalized spacial score (nSPS) is 21.7. The Hall–Kier alpha value is -2.81. The molecule has 7 nitrogen and oxygen atoms in total. The van der Waals surface area contributed by atoms with Crippen LogP contribution in [-0.2, 0) is 11.2 Å². The smallest absolute Gasteiger partial charge is 0.325 e. The second-order valence-corrected chi connectivity index (χ2v) is 10.4. The summed E-state index contributed by atoms with van der Waals surface area (Å²) in [7, 11) is 0. The summed E-state index contributed by atoms with van der Waals surface area (Å²) in [5.41, 5.74) is -0.0446. The van der Waals surface area contributed by atoms with Crippen molar-refractivity contribution in [1.82, 2.24) is 20.1 Å². The van der Waals surface area contributed by atoms with Crippen LogP contribution < -0.4 is 5.32 Å². The minimum Gasteiger partial charge on any atom is -0.337 e. The highest BCUT2D eigenvalue weighted by Gasteiger charge is 2.56. The Labute approximate surface area is 197 Å². The lowest BCUT2D eigenvalue weighted by molar-refractivity contribution is -0.134. The van der Waals surface area contributed by atoms with E-state index in [0.29, 0.717) is 43.7 Å². The Kier molecular flexibility index (Phi) is 6.52. The second kappa shape index (κ2) is 9.21. The molecule has 4 amide bonds. The number of thiazole rings is 1. The van der Waals surface area contributed by atoms with Crippen molar-refractivity contribution in [3.63, 3.8) is 0 Å². The van der Waals surface area contributed by atoms with Gasteiger partial charge in [0.25, 0.3) is 11.8 Å². The van der Waals surface area contributed by atoms with E-state index in [-0.39, 0.29) is 35.9 Å². The van der Waals surface area contributed by atoms with Crippen molar-refractivity contribution >= 4 is 29.2 Å². The number of hydrogen-bond donors (Lipinski definition) is 1. The van der Waals surface area contributed by atoms with Gasteiger partial charge in [-0.15, -0.1) is 11.3 Å². The van der Waals surface area contributed by atoms with E-state index < -0.39 is 11.6 Å². The van der Waals surface area contributed by atoms with Gasteiger partial charge in [0.1, 0.15) is 17.1 Å². The Morgan fingerprint density at radius 3 is 2.64 bits per heavy atom. The number of rotatable bonds is 6. The Balaban J connectivity index is 1.57. The summed E-state index contributed by atoms with van der Waals surface area (Å²) in [6.07, 6.45) is 1.34. The molecule has 0 bridgehead atoms. The summed E-state index contributed by atoms with van der Waals surface area (Å²) in [6, 6.07) is 5.76. The van der Waals surface area contributed by atoms with Crippen molar-refractivity contribution in [2.45, 2.75) is 45.6 Å².